The Morgan fingerprint density at radius 1 is 1.00 bits per heavy atom. The van der Waals surface area contributed by atoms with Crippen molar-refractivity contribution in [1.29, 1.82) is 5.26 Å². The maximum absolute atomic E-state index is 9.05. The van der Waals surface area contributed by atoms with Crippen molar-refractivity contribution >= 4 is 0 Å². The van der Waals surface area contributed by atoms with Crippen molar-refractivity contribution in [3.05, 3.63) is 34.9 Å². The fourth-order valence-electron chi connectivity index (χ4n) is 4.89. The van der Waals surface area contributed by atoms with Crippen LogP contribution >= 0.6 is 0 Å². The quantitative estimate of drug-likeness (QED) is 0.607. The van der Waals surface area contributed by atoms with Crippen LogP contribution in [0.15, 0.2) is 18.2 Å². The molecular weight excluding hydrogens is 278 g/mol. The zero-order chi connectivity index (χ0) is 16.1. The highest BCUT2D eigenvalue weighted by Gasteiger charge is 2.30. The molecule has 1 aromatic carbocycles. The molecule has 0 heterocycles. The van der Waals surface area contributed by atoms with Gasteiger partial charge in [-0.1, -0.05) is 51.5 Å². The van der Waals surface area contributed by atoms with Gasteiger partial charge in [0.15, 0.2) is 0 Å². The van der Waals surface area contributed by atoms with Crippen LogP contribution in [0, 0.1) is 29.1 Å². The number of unbranched alkanes of at least 4 members (excludes halogenated alkanes) is 2. The number of nitriles is 1. The molecule has 3 rings (SSSR count). The molecule has 1 saturated carbocycles. The summed E-state index contributed by atoms with van der Waals surface area (Å²) in [5, 5.41) is 9.05. The van der Waals surface area contributed by atoms with E-state index in [9.17, 15) is 0 Å². The van der Waals surface area contributed by atoms with Gasteiger partial charge in [0.05, 0.1) is 11.6 Å². The predicted molar refractivity (Wildman–Crippen MR) is 96.3 cm³/mol. The van der Waals surface area contributed by atoms with E-state index in [1.165, 1.54) is 81.8 Å². The van der Waals surface area contributed by atoms with Gasteiger partial charge in [-0.25, -0.2) is 0 Å². The fraction of sp³-hybridized carbons (Fsp3) is 0.682. The summed E-state index contributed by atoms with van der Waals surface area (Å²) in [6.45, 7) is 2.30. The minimum Gasteiger partial charge on any atom is -0.192 e. The number of nitrogens with zero attached hydrogens (tertiary/aromatic N) is 1. The summed E-state index contributed by atoms with van der Waals surface area (Å²) in [7, 11) is 0. The van der Waals surface area contributed by atoms with Gasteiger partial charge < -0.3 is 0 Å². The predicted octanol–water partition coefficient (Wildman–Crippen LogP) is 6.05. The van der Waals surface area contributed by atoms with E-state index >= 15 is 0 Å². The Morgan fingerprint density at radius 2 is 1.83 bits per heavy atom. The smallest absolute Gasteiger partial charge is 0.0991 e. The van der Waals surface area contributed by atoms with Gasteiger partial charge in [0.1, 0.15) is 0 Å². The largest absolute Gasteiger partial charge is 0.192 e. The van der Waals surface area contributed by atoms with E-state index in [2.05, 4.69) is 25.1 Å². The van der Waals surface area contributed by atoms with E-state index in [0.717, 1.165) is 23.3 Å². The number of benzene rings is 1. The van der Waals surface area contributed by atoms with Crippen LogP contribution in [0.3, 0.4) is 0 Å². The van der Waals surface area contributed by atoms with E-state index < -0.39 is 0 Å². The van der Waals surface area contributed by atoms with Crippen molar-refractivity contribution in [1.82, 2.24) is 0 Å². The lowest BCUT2D eigenvalue weighted by Gasteiger charge is -2.36. The van der Waals surface area contributed by atoms with Crippen LogP contribution in [-0.2, 0) is 12.8 Å². The summed E-state index contributed by atoms with van der Waals surface area (Å²) in [6.07, 6.45) is 15.4. The van der Waals surface area contributed by atoms with Crippen LogP contribution in [0.5, 0.6) is 0 Å². The number of aryl methyl sites for hydroxylation is 1. The van der Waals surface area contributed by atoms with Gasteiger partial charge in [0.2, 0.25) is 0 Å². The third-order valence-electron chi connectivity index (χ3n) is 6.38. The van der Waals surface area contributed by atoms with Crippen LogP contribution < -0.4 is 0 Å². The number of rotatable bonds is 5. The minimum absolute atomic E-state index is 0.829. The summed E-state index contributed by atoms with van der Waals surface area (Å²) in [5.41, 5.74) is 3.79. The highest BCUT2D eigenvalue weighted by molar-refractivity contribution is 5.39. The molecular formula is C22H31N. The van der Waals surface area contributed by atoms with Gasteiger partial charge in [-0.15, -0.1) is 0 Å². The number of hydrogen-bond acceptors (Lipinski definition) is 1. The lowest BCUT2D eigenvalue weighted by atomic mass is 9.69. The second-order valence-corrected chi connectivity index (χ2v) is 7.87. The molecule has 1 nitrogen and oxygen atoms in total. The molecule has 1 atom stereocenters. The van der Waals surface area contributed by atoms with Crippen molar-refractivity contribution in [2.24, 2.45) is 17.8 Å². The molecule has 2 aliphatic carbocycles. The molecule has 1 heteroatoms. The molecule has 1 fully saturated rings. The second-order valence-electron chi connectivity index (χ2n) is 7.87. The van der Waals surface area contributed by atoms with Crippen LogP contribution in [0.1, 0.15) is 81.4 Å². The summed E-state index contributed by atoms with van der Waals surface area (Å²) in [5.74, 6) is 2.88. The van der Waals surface area contributed by atoms with Gasteiger partial charge in [-0.05, 0) is 73.1 Å². The number of fused-ring (bicyclic) bond motifs is 1. The molecule has 0 N–H and O–H groups in total. The van der Waals surface area contributed by atoms with E-state index in [1.54, 1.807) is 0 Å². The zero-order valence-electron chi connectivity index (χ0n) is 14.7. The summed E-state index contributed by atoms with van der Waals surface area (Å²) in [6, 6.07) is 8.62. The standard InChI is InChI=1S/C22H31N/c1-2-3-4-5-17-6-9-19(10-7-17)21-13-12-20-14-18(16-23)8-11-22(20)15-21/h8,11,14,17,19,21H,2-7,9-10,12-13,15H2,1H3. The first-order chi connectivity index (χ1) is 11.3. The summed E-state index contributed by atoms with van der Waals surface area (Å²) in [4.78, 5) is 0. The number of hydrogen-bond donors (Lipinski definition) is 0. The van der Waals surface area contributed by atoms with Gasteiger partial charge in [-0.2, -0.15) is 5.26 Å². The lowest BCUT2D eigenvalue weighted by molar-refractivity contribution is 0.183. The lowest BCUT2D eigenvalue weighted by Crippen LogP contribution is -2.26. The minimum atomic E-state index is 0.829. The topological polar surface area (TPSA) is 23.8 Å². The monoisotopic (exact) mass is 309 g/mol. The molecule has 0 amide bonds. The van der Waals surface area contributed by atoms with Crippen LogP contribution in [-0.4, -0.2) is 0 Å². The van der Waals surface area contributed by atoms with Crippen molar-refractivity contribution in [3.63, 3.8) is 0 Å². The highest BCUT2D eigenvalue weighted by Crippen LogP contribution is 2.40. The van der Waals surface area contributed by atoms with Gasteiger partial charge in [-0.3, -0.25) is 0 Å². The molecule has 0 aliphatic heterocycles. The van der Waals surface area contributed by atoms with E-state index in [1.807, 2.05) is 6.07 Å². The molecule has 0 aromatic heterocycles. The Kier molecular flexibility index (Phi) is 5.76. The molecule has 0 radical (unpaired) electrons. The SMILES string of the molecule is CCCCCC1CCC(C2CCc3cc(C#N)ccc3C2)CC1. The first-order valence-electron chi connectivity index (χ1n) is 9.82. The molecule has 2 aliphatic rings. The van der Waals surface area contributed by atoms with Gasteiger partial charge >= 0.3 is 0 Å². The second kappa shape index (κ2) is 8.00. The Morgan fingerprint density at radius 3 is 2.57 bits per heavy atom. The third-order valence-corrected chi connectivity index (χ3v) is 6.38. The van der Waals surface area contributed by atoms with Crippen molar-refractivity contribution < 1.29 is 0 Å². The first-order valence-corrected chi connectivity index (χ1v) is 9.82. The summed E-state index contributed by atoms with van der Waals surface area (Å²) < 4.78 is 0. The zero-order valence-corrected chi connectivity index (χ0v) is 14.7. The van der Waals surface area contributed by atoms with Crippen molar-refractivity contribution in [2.45, 2.75) is 77.6 Å². The van der Waals surface area contributed by atoms with E-state index in [4.69, 9.17) is 5.26 Å². The van der Waals surface area contributed by atoms with Crippen molar-refractivity contribution in [2.75, 3.05) is 0 Å². The molecule has 1 aromatic rings. The average molecular weight is 309 g/mol. The van der Waals surface area contributed by atoms with Crippen LogP contribution in [0.4, 0.5) is 0 Å². The molecule has 23 heavy (non-hydrogen) atoms. The third kappa shape index (κ3) is 4.17. The van der Waals surface area contributed by atoms with E-state index in [0.29, 0.717) is 0 Å². The Bertz CT molecular complexity index is 546. The normalized spacial score (nSPS) is 27.2. The van der Waals surface area contributed by atoms with Crippen LogP contribution in [0.2, 0.25) is 0 Å². The molecule has 124 valence electrons. The molecule has 1 unspecified atom stereocenters. The Labute approximate surface area is 142 Å². The Hall–Kier alpha value is -1.29. The van der Waals surface area contributed by atoms with Crippen LogP contribution in [0.25, 0.3) is 0 Å². The van der Waals surface area contributed by atoms with Crippen molar-refractivity contribution in [3.8, 4) is 6.07 Å². The van der Waals surface area contributed by atoms with E-state index in [-0.39, 0.29) is 0 Å². The average Bonchev–Trinajstić information content (AvgIpc) is 2.61. The molecule has 0 saturated heterocycles. The maximum atomic E-state index is 9.05. The van der Waals surface area contributed by atoms with Gasteiger partial charge in [0.25, 0.3) is 0 Å². The first kappa shape index (κ1) is 16.6. The molecule has 0 bridgehead atoms. The fourth-order valence-corrected chi connectivity index (χ4v) is 4.89. The summed E-state index contributed by atoms with van der Waals surface area (Å²) >= 11 is 0. The maximum Gasteiger partial charge on any atom is 0.0991 e. The highest BCUT2D eigenvalue weighted by atomic mass is 14.3. The van der Waals surface area contributed by atoms with Gasteiger partial charge in [0, 0.05) is 0 Å². The molecule has 0 spiro atoms. The Balaban J connectivity index is 1.51.